The molecule has 0 amide bonds. The summed E-state index contributed by atoms with van der Waals surface area (Å²) in [5, 5.41) is 2.22. The fourth-order valence-electron chi connectivity index (χ4n) is 5.89. The van der Waals surface area contributed by atoms with E-state index >= 15 is 0 Å². The predicted molar refractivity (Wildman–Crippen MR) is 191 cm³/mol. The van der Waals surface area contributed by atoms with Gasteiger partial charge in [0, 0.05) is 43.3 Å². The van der Waals surface area contributed by atoms with Gasteiger partial charge in [0.2, 0.25) is 0 Å². The summed E-state index contributed by atoms with van der Waals surface area (Å²) in [7, 11) is 0. The van der Waals surface area contributed by atoms with Gasteiger partial charge in [-0.1, -0.05) is 112 Å². The fraction of sp³-hybridized carbons (Fsp3) is 0.209. The summed E-state index contributed by atoms with van der Waals surface area (Å²) in [6, 6.07) is 42.0. The van der Waals surface area contributed by atoms with Gasteiger partial charge in [-0.05, 0) is 59.5 Å². The molecule has 7 aromatic rings. The van der Waals surface area contributed by atoms with Crippen molar-refractivity contribution in [3.63, 3.8) is 0 Å². The normalized spacial score (nSPS) is 11.3. The number of pyridine rings is 2. The molecule has 239 valence electrons. The van der Waals surface area contributed by atoms with Gasteiger partial charge in [0.15, 0.2) is 0 Å². The minimum atomic E-state index is -0.124. The number of aromatic nitrogens is 2. The molecule has 0 spiro atoms. The van der Waals surface area contributed by atoms with E-state index in [9.17, 15) is 0 Å². The number of para-hydroxylation sites is 1. The number of hydrogen-bond donors (Lipinski definition) is 0. The second-order valence-corrected chi connectivity index (χ2v) is 13.0. The molecule has 7 rings (SSSR count). The molecule has 3 aromatic heterocycles. The summed E-state index contributed by atoms with van der Waals surface area (Å²) in [6.07, 6.45) is 4.96. The molecular weight excluding hydrogens is 753 g/mol. The van der Waals surface area contributed by atoms with E-state index in [2.05, 4.69) is 136 Å². The number of rotatable bonds is 6. The minimum absolute atomic E-state index is 0. The van der Waals surface area contributed by atoms with E-state index in [0.717, 1.165) is 50.9 Å². The number of hydrogen-bond acceptors (Lipinski definition) is 3. The Labute approximate surface area is 292 Å². The Morgan fingerprint density at radius 3 is 2.28 bits per heavy atom. The molecule has 1 radical (unpaired) electrons. The Morgan fingerprint density at radius 2 is 1.53 bits per heavy atom. The first kappa shape index (κ1) is 34.0. The molecule has 3 nitrogen and oxygen atoms in total. The molecule has 0 saturated heterocycles. The Morgan fingerprint density at radius 1 is 0.766 bits per heavy atom. The zero-order chi connectivity index (χ0) is 32.3. The second-order valence-electron chi connectivity index (χ2n) is 13.0. The molecule has 4 aromatic carbocycles. The van der Waals surface area contributed by atoms with E-state index in [1.54, 1.807) is 0 Å². The van der Waals surface area contributed by atoms with E-state index in [1.165, 1.54) is 27.8 Å². The SMILES string of the molecule is CC(C)(c1ccccc1)c1ccnc(-c2[c-]ccc3c2oc2ccccc23)c1.Cc1c[c-]c(-c2cc(CC(C)C)c(C)cn2)cc1.[Ir]. The fourth-order valence-corrected chi connectivity index (χ4v) is 5.89. The van der Waals surface area contributed by atoms with E-state index in [0.29, 0.717) is 5.92 Å². The average molecular weight is 793 g/mol. The van der Waals surface area contributed by atoms with Crippen molar-refractivity contribution in [3.05, 3.63) is 155 Å². The third-order valence-corrected chi connectivity index (χ3v) is 8.66. The molecule has 0 N–H and O–H groups in total. The Kier molecular flexibility index (Phi) is 10.5. The summed E-state index contributed by atoms with van der Waals surface area (Å²) in [5.41, 5.74) is 11.9. The molecular formula is C43H40IrN2O-2. The quantitative estimate of drug-likeness (QED) is 0.157. The van der Waals surface area contributed by atoms with Gasteiger partial charge in [0.05, 0.1) is 5.58 Å². The van der Waals surface area contributed by atoms with Crippen LogP contribution in [0.4, 0.5) is 0 Å². The van der Waals surface area contributed by atoms with Crippen molar-refractivity contribution in [2.24, 2.45) is 5.92 Å². The zero-order valence-corrected chi connectivity index (χ0v) is 30.3. The van der Waals surface area contributed by atoms with Crippen LogP contribution in [0.2, 0.25) is 0 Å². The molecule has 0 fully saturated rings. The summed E-state index contributed by atoms with van der Waals surface area (Å²) >= 11 is 0. The monoisotopic (exact) mass is 793 g/mol. The molecule has 3 heterocycles. The van der Waals surface area contributed by atoms with Crippen LogP contribution in [0.25, 0.3) is 44.5 Å². The van der Waals surface area contributed by atoms with Crippen LogP contribution in [0.3, 0.4) is 0 Å². The Balaban J connectivity index is 0.000000199. The van der Waals surface area contributed by atoms with Crippen molar-refractivity contribution in [1.29, 1.82) is 0 Å². The Bertz CT molecular complexity index is 2090. The summed E-state index contributed by atoms with van der Waals surface area (Å²) in [6.45, 7) is 13.2. The molecule has 0 saturated carbocycles. The zero-order valence-electron chi connectivity index (χ0n) is 27.9. The number of nitrogens with zero attached hydrogens (tertiary/aromatic N) is 2. The molecule has 0 aliphatic rings. The van der Waals surface area contributed by atoms with Gasteiger partial charge < -0.3 is 14.4 Å². The van der Waals surface area contributed by atoms with Crippen molar-refractivity contribution in [2.75, 3.05) is 0 Å². The van der Waals surface area contributed by atoms with Gasteiger partial charge >= 0.3 is 0 Å². The number of benzene rings is 4. The van der Waals surface area contributed by atoms with Gasteiger partial charge in [-0.3, -0.25) is 0 Å². The van der Waals surface area contributed by atoms with E-state index in [1.807, 2.05) is 42.7 Å². The van der Waals surface area contributed by atoms with Crippen LogP contribution < -0.4 is 0 Å². The van der Waals surface area contributed by atoms with E-state index < -0.39 is 0 Å². The largest absolute Gasteiger partial charge is 0.501 e. The van der Waals surface area contributed by atoms with Crippen molar-refractivity contribution >= 4 is 21.9 Å². The van der Waals surface area contributed by atoms with Crippen molar-refractivity contribution in [1.82, 2.24) is 9.97 Å². The third kappa shape index (κ3) is 7.46. The predicted octanol–water partition coefficient (Wildman–Crippen LogP) is 11.1. The van der Waals surface area contributed by atoms with Crippen LogP contribution in [0.1, 0.15) is 55.5 Å². The van der Waals surface area contributed by atoms with Crippen LogP contribution in [0, 0.1) is 31.9 Å². The standard InChI is InChI=1S/C26H20NO.C17H20N.Ir/c1-26(2,18-9-4-3-5-10-18)19-15-16-27-23(17-19)22-13-8-12-21-20-11-6-7-14-24(20)28-25(21)22;1-12(2)9-16-10-17(18-11-14(16)4)15-7-5-13(3)6-8-15;/h3-12,14-17H,1-2H3;5-7,10-12H,9H2,1-4H3;/q2*-1;. The first-order valence-corrected chi connectivity index (χ1v) is 16.0. The Hall–Kier alpha value is -4.37. The van der Waals surface area contributed by atoms with Gasteiger partial charge in [-0.2, -0.15) is 0 Å². The van der Waals surface area contributed by atoms with Crippen LogP contribution in [0.5, 0.6) is 0 Å². The van der Waals surface area contributed by atoms with Crippen LogP contribution >= 0.6 is 0 Å². The molecule has 0 unspecified atom stereocenters. The summed E-state index contributed by atoms with van der Waals surface area (Å²) < 4.78 is 6.18. The molecule has 4 heteroatoms. The maximum atomic E-state index is 6.18. The second kappa shape index (κ2) is 14.6. The van der Waals surface area contributed by atoms with E-state index in [-0.39, 0.29) is 25.5 Å². The number of fused-ring (bicyclic) bond motifs is 3. The molecule has 0 atom stereocenters. The summed E-state index contributed by atoms with van der Waals surface area (Å²) in [4.78, 5) is 9.16. The van der Waals surface area contributed by atoms with Crippen molar-refractivity contribution in [3.8, 4) is 22.5 Å². The van der Waals surface area contributed by atoms with Gasteiger partial charge in [0.25, 0.3) is 0 Å². The van der Waals surface area contributed by atoms with Crippen LogP contribution in [-0.2, 0) is 31.9 Å². The van der Waals surface area contributed by atoms with Crippen molar-refractivity contribution in [2.45, 2.75) is 53.4 Å². The first-order valence-electron chi connectivity index (χ1n) is 16.0. The molecule has 0 aliphatic heterocycles. The maximum absolute atomic E-state index is 6.18. The smallest absolute Gasteiger partial charge is 0.120 e. The molecule has 0 aliphatic carbocycles. The van der Waals surface area contributed by atoms with Gasteiger partial charge in [-0.15, -0.1) is 53.6 Å². The third-order valence-electron chi connectivity index (χ3n) is 8.66. The average Bonchev–Trinajstić information content (AvgIpc) is 3.46. The van der Waals surface area contributed by atoms with Crippen LogP contribution in [0.15, 0.2) is 120 Å². The molecule has 47 heavy (non-hydrogen) atoms. The molecule has 0 bridgehead atoms. The summed E-state index contributed by atoms with van der Waals surface area (Å²) in [5.74, 6) is 0.668. The minimum Gasteiger partial charge on any atom is -0.501 e. The van der Waals surface area contributed by atoms with Gasteiger partial charge in [-0.25, -0.2) is 0 Å². The first-order chi connectivity index (χ1) is 22.2. The topological polar surface area (TPSA) is 38.9 Å². The maximum Gasteiger partial charge on any atom is 0.120 e. The van der Waals surface area contributed by atoms with Gasteiger partial charge in [0.1, 0.15) is 5.58 Å². The van der Waals surface area contributed by atoms with Crippen molar-refractivity contribution < 1.29 is 24.5 Å². The van der Waals surface area contributed by atoms with Crippen LogP contribution in [-0.4, -0.2) is 9.97 Å². The van der Waals surface area contributed by atoms with E-state index in [4.69, 9.17) is 4.42 Å². The number of aryl methyl sites for hydroxylation is 2. The number of furan rings is 1.